The van der Waals surface area contributed by atoms with Crippen LogP contribution < -0.4 is 10.1 Å². The Hall–Kier alpha value is -1.59. The largest absolute Gasteiger partial charge is 0.487 e. The van der Waals surface area contributed by atoms with Crippen molar-refractivity contribution < 1.29 is 14.3 Å². The van der Waals surface area contributed by atoms with E-state index in [1.54, 1.807) is 0 Å². The van der Waals surface area contributed by atoms with Gasteiger partial charge in [-0.25, -0.2) is 0 Å². The standard InChI is InChI=1S/C19H28N2O3/c1-4-16(21-7-9-23-10-8-21)18(22)20-13-14-5-6-17-15(11-14)12-19(2,3)24-17/h5-6,11,16H,4,7-10,12-13H2,1-3H3,(H,20,22)/t16-/m1/s1. The van der Waals surface area contributed by atoms with Crippen LogP contribution in [0.2, 0.25) is 0 Å². The van der Waals surface area contributed by atoms with Crippen molar-refractivity contribution in [3.8, 4) is 5.75 Å². The van der Waals surface area contributed by atoms with Crippen LogP contribution in [-0.4, -0.2) is 48.8 Å². The molecule has 0 saturated carbocycles. The van der Waals surface area contributed by atoms with Crippen LogP contribution in [0.1, 0.15) is 38.3 Å². The van der Waals surface area contributed by atoms with Gasteiger partial charge in [0.25, 0.3) is 0 Å². The van der Waals surface area contributed by atoms with Gasteiger partial charge in [-0.2, -0.15) is 0 Å². The minimum Gasteiger partial charge on any atom is -0.487 e. The lowest BCUT2D eigenvalue weighted by atomic mass is 10.0. The van der Waals surface area contributed by atoms with Crippen LogP contribution in [0.3, 0.4) is 0 Å². The maximum atomic E-state index is 12.6. The topological polar surface area (TPSA) is 50.8 Å². The van der Waals surface area contributed by atoms with Crippen molar-refractivity contribution in [2.75, 3.05) is 26.3 Å². The lowest BCUT2D eigenvalue weighted by molar-refractivity contribution is -0.128. The number of hydrogen-bond acceptors (Lipinski definition) is 4. The lowest BCUT2D eigenvalue weighted by Gasteiger charge is -2.32. The van der Waals surface area contributed by atoms with Gasteiger partial charge < -0.3 is 14.8 Å². The van der Waals surface area contributed by atoms with Crippen LogP contribution in [0.25, 0.3) is 0 Å². The van der Waals surface area contributed by atoms with Crippen LogP contribution in [-0.2, 0) is 22.5 Å². The van der Waals surface area contributed by atoms with Gasteiger partial charge in [-0.1, -0.05) is 19.1 Å². The Morgan fingerprint density at radius 2 is 2.08 bits per heavy atom. The van der Waals surface area contributed by atoms with E-state index in [2.05, 4.69) is 37.1 Å². The molecule has 5 nitrogen and oxygen atoms in total. The van der Waals surface area contributed by atoms with Crippen molar-refractivity contribution in [1.29, 1.82) is 0 Å². The molecule has 3 rings (SSSR count). The number of morpholine rings is 1. The van der Waals surface area contributed by atoms with Crippen molar-refractivity contribution in [2.45, 2.75) is 51.8 Å². The summed E-state index contributed by atoms with van der Waals surface area (Å²) in [5, 5.41) is 3.10. The Morgan fingerprint density at radius 1 is 1.33 bits per heavy atom. The van der Waals surface area contributed by atoms with E-state index < -0.39 is 0 Å². The molecule has 2 aliphatic heterocycles. The second-order valence-electron chi connectivity index (χ2n) is 7.27. The zero-order valence-corrected chi connectivity index (χ0v) is 14.9. The number of carbonyl (C=O) groups is 1. The summed E-state index contributed by atoms with van der Waals surface area (Å²) in [6, 6.07) is 6.15. The Kier molecular flexibility index (Phi) is 5.11. The minimum atomic E-state index is -0.131. The number of nitrogens with one attached hydrogen (secondary N) is 1. The second kappa shape index (κ2) is 7.11. The summed E-state index contributed by atoms with van der Waals surface area (Å²) in [6.07, 6.45) is 1.73. The summed E-state index contributed by atoms with van der Waals surface area (Å²) in [5.41, 5.74) is 2.22. The van der Waals surface area contributed by atoms with Crippen molar-refractivity contribution in [2.24, 2.45) is 0 Å². The normalized spacial score (nSPS) is 21.0. The van der Waals surface area contributed by atoms with Gasteiger partial charge in [-0.15, -0.1) is 0 Å². The number of hydrogen-bond donors (Lipinski definition) is 1. The number of nitrogens with zero attached hydrogens (tertiary/aromatic N) is 1. The summed E-state index contributed by atoms with van der Waals surface area (Å²) < 4.78 is 11.3. The quantitative estimate of drug-likeness (QED) is 0.897. The van der Waals surface area contributed by atoms with Crippen molar-refractivity contribution in [1.82, 2.24) is 10.2 Å². The highest BCUT2D eigenvalue weighted by Crippen LogP contribution is 2.35. The van der Waals surface area contributed by atoms with Crippen molar-refractivity contribution in [3.63, 3.8) is 0 Å². The molecule has 2 heterocycles. The van der Waals surface area contributed by atoms with E-state index in [1.807, 2.05) is 12.1 Å². The summed E-state index contributed by atoms with van der Waals surface area (Å²) in [6.45, 7) is 9.91. The first-order chi connectivity index (χ1) is 11.5. The Bertz CT molecular complexity index is 594. The Balaban J connectivity index is 1.58. The van der Waals surface area contributed by atoms with Crippen LogP contribution >= 0.6 is 0 Å². The van der Waals surface area contributed by atoms with E-state index in [0.717, 1.165) is 37.2 Å². The molecule has 0 spiro atoms. The van der Waals surface area contributed by atoms with Gasteiger partial charge in [0.05, 0.1) is 19.3 Å². The summed E-state index contributed by atoms with van der Waals surface area (Å²) in [4.78, 5) is 14.8. The van der Waals surface area contributed by atoms with Gasteiger partial charge >= 0.3 is 0 Å². The number of benzene rings is 1. The third-order valence-corrected chi connectivity index (χ3v) is 4.77. The van der Waals surface area contributed by atoms with E-state index in [4.69, 9.17) is 9.47 Å². The molecular formula is C19H28N2O3. The summed E-state index contributed by atoms with van der Waals surface area (Å²) >= 11 is 0. The predicted molar refractivity (Wildman–Crippen MR) is 93.2 cm³/mol. The van der Waals surface area contributed by atoms with Gasteiger partial charge in [0.15, 0.2) is 0 Å². The monoisotopic (exact) mass is 332 g/mol. The Labute approximate surface area is 144 Å². The molecule has 132 valence electrons. The fourth-order valence-corrected chi connectivity index (χ4v) is 3.58. The molecule has 5 heteroatoms. The predicted octanol–water partition coefficient (Wildman–Crippen LogP) is 2.13. The van der Waals surface area contributed by atoms with Crippen molar-refractivity contribution in [3.05, 3.63) is 29.3 Å². The zero-order valence-electron chi connectivity index (χ0n) is 14.9. The van der Waals surface area contributed by atoms with E-state index >= 15 is 0 Å². The fraction of sp³-hybridized carbons (Fsp3) is 0.632. The molecule has 24 heavy (non-hydrogen) atoms. The molecule has 1 aromatic carbocycles. The van der Waals surface area contributed by atoms with E-state index in [1.165, 1.54) is 5.56 Å². The highest BCUT2D eigenvalue weighted by Gasteiger charge is 2.30. The SMILES string of the molecule is CC[C@H](C(=O)NCc1ccc2c(c1)CC(C)(C)O2)N1CCOCC1. The zero-order chi connectivity index (χ0) is 17.2. The minimum absolute atomic E-state index is 0.0643. The van der Waals surface area contributed by atoms with E-state index in [-0.39, 0.29) is 17.6 Å². The van der Waals surface area contributed by atoms with Crippen LogP contribution in [0.15, 0.2) is 18.2 Å². The second-order valence-corrected chi connectivity index (χ2v) is 7.27. The molecule has 1 saturated heterocycles. The molecule has 2 aliphatic rings. The fourth-order valence-electron chi connectivity index (χ4n) is 3.58. The molecule has 0 aromatic heterocycles. The van der Waals surface area contributed by atoms with E-state index in [0.29, 0.717) is 19.8 Å². The first kappa shape index (κ1) is 17.2. The molecule has 1 atom stereocenters. The maximum Gasteiger partial charge on any atom is 0.237 e. The molecule has 0 unspecified atom stereocenters. The molecular weight excluding hydrogens is 304 g/mol. The molecule has 1 aromatic rings. The molecule has 1 amide bonds. The lowest BCUT2D eigenvalue weighted by Crippen LogP contribution is -2.50. The van der Waals surface area contributed by atoms with Gasteiger partial charge in [-0.05, 0) is 37.5 Å². The average molecular weight is 332 g/mol. The van der Waals surface area contributed by atoms with E-state index in [9.17, 15) is 4.79 Å². The third kappa shape index (κ3) is 3.90. The van der Waals surface area contributed by atoms with Crippen LogP contribution in [0, 0.1) is 0 Å². The number of carbonyl (C=O) groups excluding carboxylic acids is 1. The summed E-state index contributed by atoms with van der Waals surface area (Å²) in [7, 11) is 0. The van der Waals surface area contributed by atoms with Gasteiger partial charge in [0.2, 0.25) is 5.91 Å². The number of rotatable bonds is 5. The third-order valence-electron chi connectivity index (χ3n) is 4.77. The maximum absolute atomic E-state index is 12.6. The van der Waals surface area contributed by atoms with Gasteiger partial charge in [0, 0.05) is 26.1 Å². The first-order valence-corrected chi connectivity index (χ1v) is 8.89. The van der Waals surface area contributed by atoms with Gasteiger partial charge in [-0.3, -0.25) is 9.69 Å². The molecule has 0 radical (unpaired) electrons. The van der Waals surface area contributed by atoms with Crippen molar-refractivity contribution >= 4 is 5.91 Å². The number of ether oxygens (including phenoxy) is 2. The van der Waals surface area contributed by atoms with Crippen LogP contribution in [0.5, 0.6) is 5.75 Å². The first-order valence-electron chi connectivity index (χ1n) is 8.89. The molecule has 1 N–H and O–H groups in total. The Morgan fingerprint density at radius 3 is 2.79 bits per heavy atom. The smallest absolute Gasteiger partial charge is 0.237 e. The molecule has 0 aliphatic carbocycles. The van der Waals surface area contributed by atoms with Gasteiger partial charge in [0.1, 0.15) is 11.4 Å². The summed E-state index contributed by atoms with van der Waals surface area (Å²) in [5.74, 6) is 1.08. The molecule has 1 fully saturated rings. The highest BCUT2D eigenvalue weighted by atomic mass is 16.5. The average Bonchev–Trinajstić information content (AvgIpc) is 2.87. The molecule has 0 bridgehead atoms. The highest BCUT2D eigenvalue weighted by molar-refractivity contribution is 5.81. The number of amides is 1. The van der Waals surface area contributed by atoms with Crippen LogP contribution in [0.4, 0.5) is 0 Å². The number of fused-ring (bicyclic) bond motifs is 1.